The van der Waals surface area contributed by atoms with E-state index in [9.17, 15) is 4.79 Å². The van der Waals surface area contributed by atoms with Crippen LogP contribution in [-0.4, -0.2) is 43.2 Å². The van der Waals surface area contributed by atoms with Gasteiger partial charge >= 0.3 is 0 Å². The summed E-state index contributed by atoms with van der Waals surface area (Å²) < 4.78 is 1.30. The molecule has 1 fully saturated rings. The smallest absolute Gasteiger partial charge is 0.290 e. The lowest BCUT2D eigenvalue weighted by Crippen LogP contribution is -2.23. The van der Waals surface area contributed by atoms with Crippen molar-refractivity contribution in [3.63, 3.8) is 0 Å². The molecule has 0 aromatic carbocycles. The Balaban J connectivity index is 1.64. The number of rotatable bonds is 4. The SMILES string of the molecule is CN1CCCC1c1ccc(-c2cc(Nc3ccncn3)c(=O)n(C)n2)nc1. The maximum absolute atomic E-state index is 12.4. The van der Waals surface area contributed by atoms with Crippen LogP contribution in [0.5, 0.6) is 0 Å². The summed E-state index contributed by atoms with van der Waals surface area (Å²) in [6.45, 7) is 1.12. The van der Waals surface area contributed by atoms with Crippen LogP contribution < -0.4 is 10.9 Å². The van der Waals surface area contributed by atoms with Gasteiger partial charge in [-0.2, -0.15) is 5.10 Å². The first-order valence-corrected chi connectivity index (χ1v) is 8.90. The van der Waals surface area contributed by atoms with E-state index in [0.717, 1.165) is 18.7 Å². The molecule has 27 heavy (non-hydrogen) atoms. The van der Waals surface area contributed by atoms with Crippen molar-refractivity contribution in [1.82, 2.24) is 29.6 Å². The Kier molecular flexibility index (Phi) is 4.64. The Morgan fingerprint density at radius 1 is 1.15 bits per heavy atom. The number of likely N-dealkylation sites (tertiary alicyclic amines) is 1. The summed E-state index contributed by atoms with van der Waals surface area (Å²) in [6, 6.07) is 7.88. The number of hydrogen-bond donors (Lipinski definition) is 1. The first kappa shape index (κ1) is 17.3. The van der Waals surface area contributed by atoms with Crippen LogP contribution in [0.25, 0.3) is 11.4 Å². The van der Waals surface area contributed by atoms with E-state index >= 15 is 0 Å². The maximum atomic E-state index is 12.4. The van der Waals surface area contributed by atoms with E-state index in [0.29, 0.717) is 23.2 Å². The fraction of sp³-hybridized carbons (Fsp3) is 0.316. The minimum atomic E-state index is -0.235. The molecular weight excluding hydrogens is 342 g/mol. The van der Waals surface area contributed by atoms with Gasteiger partial charge < -0.3 is 5.32 Å². The third-order valence-corrected chi connectivity index (χ3v) is 4.86. The van der Waals surface area contributed by atoms with Crippen LogP contribution in [-0.2, 0) is 7.05 Å². The summed E-state index contributed by atoms with van der Waals surface area (Å²) in [5, 5.41) is 7.37. The zero-order valence-electron chi connectivity index (χ0n) is 15.3. The maximum Gasteiger partial charge on any atom is 0.290 e. The second-order valence-electron chi connectivity index (χ2n) is 6.71. The normalized spacial score (nSPS) is 17.2. The molecule has 1 N–H and O–H groups in total. The highest BCUT2D eigenvalue weighted by Crippen LogP contribution is 2.30. The predicted molar refractivity (Wildman–Crippen MR) is 103 cm³/mol. The monoisotopic (exact) mass is 363 g/mol. The number of aromatic nitrogens is 5. The van der Waals surface area contributed by atoms with Gasteiger partial charge in [-0.1, -0.05) is 6.07 Å². The van der Waals surface area contributed by atoms with Crippen LogP contribution in [0.1, 0.15) is 24.4 Å². The molecule has 0 aliphatic carbocycles. The van der Waals surface area contributed by atoms with Crippen LogP contribution in [0.2, 0.25) is 0 Å². The van der Waals surface area contributed by atoms with E-state index in [1.54, 1.807) is 25.4 Å². The van der Waals surface area contributed by atoms with Gasteiger partial charge in [-0.25, -0.2) is 14.6 Å². The second-order valence-corrected chi connectivity index (χ2v) is 6.71. The molecule has 3 aromatic rings. The molecule has 1 unspecified atom stereocenters. The summed E-state index contributed by atoms with van der Waals surface area (Å²) in [5.74, 6) is 0.548. The minimum absolute atomic E-state index is 0.235. The molecule has 8 nitrogen and oxygen atoms in total. The van der Waals surface area contributed by atoms with Crippen molar-refractivity contribution in [2.45, 2.75) is 18.9 Å². The molecule has 0 spiro atoms. The molecule has 3 aromatic heterocycles. The van der Waals surface area contributed by atoms with Gasteiger partial charge in [-0.3, -0.25) is 14.7 Å². The van der Waals surface area contributed by atoms with E-state index in [1.165, 1.54) is 23.0 Å². The number of aryl methyl sites for hydroxylation is 1. The molecule has 1 saturated heterocycles. The van der Waals surface area contributed by atoms with Crippen molar-refractivity contribution in [2.24, 2.45) is 7.05 Å². The third kappa shape index (κ3) is 3.56. The van der Waals surface area contributed by atoms with Crippen molar-refractivity contribution >= 4 is 11.5 Å². The Labute approximate surface area is 156 Å². The van der Waals surface area contributed by atoms with Crippen LogP contribution >= 0.6 is 0 Å². The van der Waals surface area contributed by atoms with Gasteiger partial charge in [0.15, 0.2) is 0 Å². The Hall–Kier alpha value is -3.13. The Morgan fingerprint density at radius 2 is 2.04 bits per heavy atom. The van der Waals surface area contributed by atoms with Gasteiger partial charge in [0.05, 0.1) is 5.69 Å². The second kappa shape index (κ2) is 7.24. The van der Waals surface area contributed by atoms with Crippen molar-refractivity contribution in [3.05, 3.63) is 58.9 Å². The molecule has 138 valence electrons. The first-order valence-electron chi connectivity index (χ1n) is 8.90. The fourth-order valence-electron chi connectivity index (χ4n) is 3.41. The molecular formula is C19H21N7O. The van der Waals surface area contributed by atoms with Gasteiger partial charge in [-0.15, -0.1) is 0 Å². The summed E-state index contributed by atoms with van der Waals surface area (Å²) in [4.78, 5) is 27.3. The van der Waals surface area contributed by atoms with E-state index in [2.05, 4.69) is 43.4 Å². The van der Waals surface area contributed by atoms with Crippen molar-refractivity contribution < 1.29 is 0 Å². The van der Waals surface area contributed by atoms with Crippen molar-refractivity contribution in [3.8, 4) is 11.4 Å². The highest BCUT2D eigenvalue weighted by atomic mass is 16.1. The zero-order valence-corrected chi connectivity index (χ0v) is 15.3. The quantitative estimate of drug-likeness (QED) is 0.759. The lowest BCUT2D eigenvalue weighted by Gasteiger charge is -2.19. The van der Waals surface area contributed by atoms with E-state index in [-0.39, 0.29) is 5.56 Å². The molecule has 1 aliphatic rings. The minimum Gasteiger partial charge on any atom is -0.336 e. The topological polar surface area (TPSA) is 88.8 Å². The fourth-order valence-corrected chi connectivity index (χ4v) is 3.41. The summed E-state index contributed by atoms with van der Waals surface area (Å²) in [7, 11) is 3.77. The molecule has 0 saturated carbocycles. The number of hydrogen-bond acceptors (Lipinski definition) is 7. The van der Waals surface area contributed by atoms with Gasteiger partial charge in [0, 0.05) is 25.5 Å². The van der Waals surface area contributed by atoms with Gasteiger partial charge in [0.25, 0.3) is 5.56 Å². The van der Waals surface area contributed by atoms with Crippen molar-refractivity contribution in [1.29, 1.82) is 0 Å². The predicted octanol–water partition coefficient (Wildman–Crippen LogP) is 2.14. The first-order chi connectivity index (χ1) is 13.1. The van der Waals surface area contributed by atoms with Crippen LogP contribution in [0, 0.1) is 0 Å². The summed E-state index contributed by atoms with van der Waals surface area (Å²) >= 11 is 0. The highest BCUT2D eigenvalue weighted by molar-refractivity contribution is 5.63. The average molecular weight is 363 g/mol. The Morgan fingerprint density at radius 3 is 2.70 bits per heavy atom. The van der Waals surface area contributed by atoms with E-state index < -0.39 is 0 Å². The number of nitrogens with one attached hydrogen (secondary N) is 1. The van der Waals surface area contributed by atoms with Gasteiger partial charge in [-0.05, 0) is 50.2 Å². The van der Waals surface area contributed by atoms with Crippen molar-refractivity contribution in [2.75, 3.05) is 18.9 Å². The highest BCUT2D eigenvalue weighted by Gasteiger charge is 2.22. The largest absolute Gasteiger partial charge is 0.336 e. The molecule has 1 aliphatic heterocycles. The average Bonchev–Trinajstić information content (AvgIpc) is 3.12. The molecule has 0 amide bonds. The van der Waals surface area contributed by atoms with E-state index in [1.807, 2.05) is 12.3 Å². The van der Waals surface area contributed by atoms with Gasteiger partial charge in [0.1, 0.15) is 23.5 Å². The lowest BCUT2D eigenvalue weighted by molar-refractivity contribution is 0.317. The standard InChI is InChI=1S/C19H21N7O/c1-25-9-3-4-17(25)13-5-6-14(21-11-13)15-10-16(19(27)26(2)24-15)23-18-7-8-20-12-22-18/h5-8,10-12,17H,3-4,9H2,1-2H3,(H,20,22,23). The van der Waals surface area contributed by atoms with Crippen LogP contribution in [0.4, 0.5) is 11.5 Å². The third-order valence-electron chi connectivity index (χ3n) is 4.86. The van der Waals surface area contributed by atoms with Crippen LogP contribution in [0.15, 0.2) is 47.8 Å². The Bertz CT molecular complexity index is 985. The van der Waals surface area contributed by atoms with Crippen LogP contribution in [0.3, 0.4) is 0 Å². The molecule has 1 atom stereocenters. The zero-order chi connectivity index (χ0) is 18.8. The molecule has 0 bridgehead atoms. The molecule has 0 radical (unpaired) electrons. The summed E-state index contributed by atoms with van der Waals surface area (Å²) in [6.07, 6.45) is 7.32. The molecule has 4 rings (SSSR count). The number of anilines is 2. The molecule has 4 heterocycles. The van der Waals surface area contributed by atoms with Gasteiger partial charge in [0.2, 0.25) is 0 Å². The number of nitrogens with zero attached hydrogens (tertiary/aromatic N) is 6. The molecule has 8 heteroatoms. The number of pyridine rings is 1. The van der Waals surface area contributed by atoms with E-state index in [4.69, 9.17) is 0 Å². The summed E-state index contributed by atoms with van der Waals surface area (Å²) in [5.41, 5.74) is 2.72. The lowest BCUT2D eigenvalue weighted by atomic mass is 10.1.